The van der Waals surface area contributed by atoms with Gasteiger partial charge < -0.3 is 4.90 Å². The largest absolute Gasteiger partial charge is 0.341 e. The van der Waals surface area contributed by atoms with Crippen LogP contribution in [0.25, 0.3) is 11.1 Å². The molecule has 0 amide bonds. The zero-order valence-corrected chi connectivity index (χ0v) is 20.4. The van der Waals surface area contributed by atoms with Gasteiger partial charge in [0.25, 0.3) is 0 Å². The molecular formula is C25H21Cl2N5S. The summed E-state index contributed by atoms with van der Waals surface area (Å²) in [7, 11) is 0. The standard InChI is InChI=1S/C25H21Cl2N5S/c1-15-21(18-7-4-8-19(26)22(18)27)20(14-28)30-24(29-15)32-11-9-25(10-12-32)13-16-5-2-3-6-17(16)23(25)31-33/h2-8,33H,9-13H2,1H3/b31-23-. The predicted molar refractivity (Wildman–Crippen MR) is 136 cm³/mol. The lowest BCUT2D eigenvalue weighted by Crippen LogP contribution is -2.44. The van der Waals surface area contributed by atoms with Crippen LogP contribution in [0.4, 0.5) is 5.95 Å². The van der Waals surface area contributed by atoms with Crippen LogP contribution in [0.2, 0.25) is 10.0 Å². The first-order valence-electron chi connectivity index (χ1n) is 10.8. The summed E-state index contributed by atoms with van der Waals surface area (Å²) in [5.41, 5.74) is 5.91. The summed E-state index contributed by atoms with van der Waals surface area (Å²) >= 11 is 16.9. The zero-order chi connectivity index (χ0) is 23.2. The van der Waals surface area contributed by atoms with Crippen molar-refractivity contribution in [2.45, 2.75) is 26.2 Å². The molecule has 5 nitrogen and oxygen atoms in total. The molecule has 1 aliphatic carbocycles. The Bertz CT molecular complexity index is 1320. The molecule has 2 aliphatic rings. The topological polar surface area (TPSA) is 65.2 Å². The molecule has 1 saturated heterocycles. The minimum atomic E-state index is -0.0106. The number of nitrogens with zero attached hydrogens (tertiary/aromatic N) is 5. The van der Waals surface area contributed by atoms with Gasteiger partial charge >= 0.3 is 0 Å². The smallest absolute Gasteiger partial charge is 0.226 e. The van der Waals surface area contributed by atoms with Gasteiger partial charge in [0.05, 0.1) is 21.5 Å². The van der Waals surface area contributed by atoms with Gasteiger partial charge in [-0.3, -0.25) is 0 Å². The molecule has 1 spiro atoms. The quantitative estimate of drug-likeness (QED) is 0.437. The average molecular weight is 494 g/mol. The molecule has 1 fully saturated rings. The minimum Gasteiger partial charge on any atom is -0.341 e. The van der Waals surface area contributed by atoms with Crippen LogP contribution in [-0.2, 0) is 6.42 Å². The first kappa shape index (κ1) is 22.2. The number of halogens is 2. The number of nitriles is 1. The fourth-order valence-corrected chi connectivity index (χ4v) is 5.86. The molecule has 0 unspecified atom stereocenters. The van der Waals surface area contributed by atoms with Gasteiger partial charge in [0, 0.05) is 35.2 Å². The Morgan fingerprint density at radius 3 is 2.52 bits per heavy atom. The molecule has 0 saturated carbocycles. The number of hydrogen-bond acceptors (Lipinski definition) is 6. The number of thiol groups is 1. The van der Waals surface area contributed by atoms with Crippen molar-refractivity contribution in [2.24, 2.45) is 9.81 Å². The van der Waals surface area contributed by atoms with Gasteiger partial charge in [0.15, 0.2) is 5.69 Å². The molecule has 2 aromatic carbocycles. The number of benzene rings is 2. The van der Waals surface area contributed by atoms with Crippen LogP contribution in [0.1, 0.15) is 35.4 Å². The van der Waals surface area contributed by atoms with E-state index in [2.05, 4.69) is 57.4 Å². The van der Waals surface area contributed by atoms with Crippen molar-refractivity contribution in [1.82, 2.24) is 9.97 Å². The molecule has 3 aromatic rings. The fraction of sp³-hybridized carbons (Fsp3) is 0.280. The molecule has 0 bridgehead atoms. The summed E-state index contributed by atoms with van der Waals surface area (Å²) in [5, 5.41) is 10.7. The first-order chi connectivity index (χ1) is 16.0. The van der Waals surface area contributed by atoms with Crippen molar-refractivity contribution in [3.63, 3.8) is 0 Å². The van der Waals surface area contributed by atoms with Gasteiger partial charge in [-0.25, -0.2) is 14.4 Å². The second kappa shape index (κ2) is 8.64. The number of rotatable bonds is 2. The van der Waals surface area contributed by atoms with E-state index >= 15 is 0 Å². The van der Waals surface area contributed by atoms with E-state index in [0.717, 1.165) is 38.1 Å². The number of anilines is 1. The maximum atomic E-state index is 9.86. The van der Waals surface area contributed by atoms with Gasteiger partial charge in [-0.2, -0.15) is 5.26 Å². The lowest BCUT2D eigenvalue weighted by molar-refractivity contribution is 0.329. The Hall–Kier alpha value is -2.59. The molecule has 1 aliphatic heterocycles. The number of piperidine rings is 1. The lowest BCUT2D eigenvalue weighted by Gasteiger charge is -2.39. The van der Waals surface area contributed by atoms with E-state index in [1.807, 2.05) is 19.1 Å². The molecule has 2 heterocycles. The van der Waals surface area contributed by atoms with Crippen LogP contribution < -0.4 is 4.90 Å². The molecule has 0 radical (unpaired) electrons. The van der Waals surface area contributed by atoms with E-state index < -0.39 is 0 Å². The van der Waals surface area contributed by atoms with Gasteiger partial charge in [0.2, 0.25) is 5.95 Å². The summed E-state index contributed by atoms with van der Waals surface area (Å²) in [5.74, 6) is 0.570. The van der Waals surface area contributed by atoms with E-state index in [0.29, 0.717) is 38.5 Å². The van der Waals surface area contributed by atoms with E-state index in [4.69, 9.17) is 28.2 Å². The van der Waals surface area contributed by atoms with Crippen LogP contribution >= 0.6 is 36.0 Å². The van der Waals surface area contributed by atoms with Crippen molar-refractivity contribution in [3.05, 3.63) is 75.0 Å². The fourth-order valence-electron chi connectivity index (χ4n) is 5.15. The van der Waals surface area contributed by atoms with E-state index in [-0.39, 0.29) is 5.41 Å². The Labute approximate surface area is 208 Å². The lowest BCUT2D eigenvalue weighted by atomic mass is 9.74. The van der Waals surface area contributed by atoms with Crippen molar-refractivity contribution in [1.29, 1.82) is 5.26 Å². The Kier molecular flexibility index (Phi) is 5.82. The van der Waals surface area contributed by atoms with Crippen molar-refractivity contribution in [3.8, 4) is 17.2 Å². The zero-order valence-electron chi connectivity index (χ0n) is 18.0. The predicted octanol–water partition coefficient (Wildman–Crippen LogP) is 6.11. The van der Waals surface area contributed by atoms with Crippen LogP contribution in [0.15, 0.2) is 46.9 Å². The monoisotopic (exact) mass is 493 g/mol. The van der Waals surface area contributed by atoms with Gasteiger partial charge in [-0.15, -0.1) is 0 Å². The summed E-state index contributed by atoms with van der Waals surface area (Å²) in [6.07, 6.45) is 2.83. The Balaban J connectivity index is 1.44. The molecule has 8 heteroatoms. The number of aryl methyl sites for hydroxylation is 1. The highest BCUT2D eigenvalue weighted by atomic mass is 35.5. The normalized spacial score (nSPS) is 17.9. The van der Waals surface area contributed by atoms with Crippen LogP contribution in [0.3, 0.4) is 0 Å². The van der Waals surface area contributed by atoms with E-state index in [1.54, 1.807) is 6.07 Å². The van der Waals surface area contributed by atoms with Gasteiger partial charge in [0.1, 0.15) is 6.07 Å². The SMILES string of the molecule is Cc1nc(N2CCC3(CC2)Cc2ccccc2/C3=N/S)nc(C#N)c1-c1cccc(Cl)c1Cl. The van der Waals surface area contributed by atoms with Gasteiger partial charge in [-0.1, -0.05) is 59.6 Å². The number of fused-ring (bicyclic) bond motifs is 1. The van der Waals surface area contributed by atoms with E-state index in [9.17, 15) is 5.26 Å². The second-order valence-corrected chi connectivity index (χ2v) is 9.58. The van der Waals surface area contributed by atoms with Crippen molar-refractivity contribution >= 4 is 47.7 Å². The van der Waals surface area contributed by atoms with Crippen LogP contribution in [0.5, 0.6) is 0 Å². The van der Waals surface area contributed by atoms with Gasteiger partial charge in [-0.05, 0) is 50.6 Å². The first-order valence-corrected chi connectivity index (χ1v) is 11.9. The van der Waals surface area contributed by atoms with Crippen LogP contribution in [0, 0.1) is 23.7 Å². The number of aromatic nitrogens is 2. The Morgan fingerprint density at radius 2 is 1.79 bits per heavy atom. The van der Waals surface area contributed by atoms with E-state index in [1.165, 1.54) is 11.1 Å². The summed E-state index contributed by atoms with van der Waals surface area (Å²) in [6.45, 7) is 3.44. The summed E-state index contributed by atoms with van der Waals surface area (Å²) < 4.78 is 4.40. The highest BCUT2D eigenvalue weighted by Gasteiger charge is 2.45. The highest BCUT2D eigenvalue weighted by molar-refractivity contribution is 7.79. The summed E-state index contributed by atoms with van der Waals surface area (Å²) in [4.78, 5) is 11.5. The number of hydrogen-bond donors (Lipinski definition) is 1. The molecule has 0 atom stereocenters. The molecule has 0 N–H and O–H groups in total. The molecular weight excluding hydrogens is 473 g/mol. The molecule has 1 aromatic heterocycles. The molecule has 5 rings (SSSR count). The third-order valence-corrected chi connectivity index (χ3v) is 7.83. The average Bonchev–Trinajstić information content (AvgIpc) is 3.13. The van der Waals surface area contributed by atoms with Crippen LogP contribution in [-0.4, -0.2) is 28.8 Å². The maximum absolute atomic E-state index is 9.86. The molecule has 166 valence electrons. The Morgan fingerprint density at radius 1 is 1.06 bits per heavy atom. The van der Waals surface area contributed by atoms with Crippen molar-refractivity contribution in [2.75, 3.05) is 18.0 Å². The summed E-state index contributed by atoms with van der Waals surface area (Å²) in [6, 6.07) is 16.0. The minimum absolute atomic E-state index is 0.0106. The van der Waals surface area contributed by atoms with Crippen molar-refractivity contribution < 1.29 is 0 Å². The molecule has 33 heavy (non-hydrogen) atoms. The second-order valence-electron chi connectivity index (χ2n) is 8.60. The third-order valence-electron chi connectivity index (χ3n) is 6.81. The maximum Gasteiger partial charge on any atom is 0.226 e. The highest BCUT2D eigenvalue weighted by Crippen LogP contribution is 2.46. The third kappa shape index (κ3) is 3.69.